The highest BCUT2D eigenvalue weighted by atomic mass is 32.1. The highest BCUT2D eigenvalue weighted by Crippen LogP contribution is 2.29. The van der Waals surface area contributed by atoms with Crippen LogP contribution in [-0.4, -0.2) is 36.1 Å². The first-order valence-electron chi connectivity index (χ1n) is 7.74. The summed E-state index contributed by atoms with van der Waals surface area (Å²) in [5, 5.41) is 7.68. The van der Waals surface area contributed by atoms with Crippen LogP contribution in [0.25, 0.3) is 0 Å². The molecule has 0 radical (unpaired) electrons. The van der Waals surface area contributed by atoms with Crippen LogP contribution in [0.1, 0.15) is 45.8 Å². The largest absolute Gasteiger partial charge is 0.377 e. The van der Waals surface area contributed by atoms with Gasteiger partial charge in [0.25, 0.3) is 0 Å². The summed E-state index contributed by atoms with van der Waals surface area (Å²) in [4.78, 5) is 14.6. The number of nitrogens with one attached hydrogen (secondary N) is 1. The van der Waals surface area contributed by atoms with Gasteiger partial charge in [0.15, 0.2) is 0 Å². The molecule has 0 aromatic carbocycles. The number of hydrogen-bond donors (Lipinski definition) is 1. The van der Waals surface area contributed by atoms with Crippen LogP contribution in [0.4, 0.5) is 0 Å². The molecule has 1 N–H and O–H groups in total. The molecule has 3 atom stereocenters. The lowest BCUT2D eigenvalue weighted by atomic mass is 9.99. The molecule has 0 saturated carbocycles. The third-order valence-electron chi connectivity index (χ3n) is 4.05. The third-order valence-corrected chi connectivity index (χ3v) is 4.75. The van der Waals surface area contributed by atoms with E-state index in [0.717, 1.165) is 6.42 Å². The molecule has 21 heavy (non-hydrogen) atoms. The predicted octanol–water partition coefficient (Wildman–Crippen LogP) is 3.02. The van der Waals surface area contributed by atoms with E-state index in [4.69, 9.17) is 4.74 Å². The van der Waals surface area contributed by atoms with E-state index < -0.39 is 0 Å². The van der Waals surface area contributed by atoms with Gasteiger partial charge in [-0.05, 0) is 42.2 Å². The Kier molecular flexibility index (Phi) is 5.79. The minimum absolute atomic E-state index is 0.0153. The molecule has 4 nitrogen and oxygen atoms in total. The average Bonchev–Trinajstić information content (AvgIpc) is 3.07. The normalized spacial score (nSPS) is 24.0. The van der Waals surface area contributed by atoms with Crippen molar-refractivity contribution in [3.63, 3.8) is 0 Å². The van der Waals surface area contributed by atoms with E-state index in [0.29, 0.717) is 19.1 Å². The Bertz CT molecular complexity index is 447. The maximum absolute atomic E-state index is 12.7. The van der Waals surface area contributed by atoms with Crippen LogP contribution in [-0.2, 0) is 9.53 Å². The van der Waals surface area contributed by atoms with Gasteiger partial charge in [-0.2, -0.15) is 11.3 Å². The van der Waals surface area contributed by atoms with Crippen molar-refractivity contribution in [1.29, 1.82) is 0 Å². The van der Waals surface area contributed by atoms with Crippen molar-refractivity contribution in [2.45, 2.75) is 52.4 Å². The quantitative estimate of drug-likeness (QED) is 0.842. The highest BCUT2D eigenvalue weighted by molar-refractivity contribution is 7.07. The van der Waals surface area contributed by atoms with E-state index in [9.17, 15) is 4.79 Å². The van der Waals surface area contributed by atoms with Crippen molar-refractivity contribution in [3.05, 3.63) is 22.4 Å². The van der Waals surface area contributed by atoms with Crippen molar-refractivity contribution in [1.82, 2.24) is 10.2 Å². The molecule has 3 unspecified atom stereocenters. The fourth-order valence-electron chi connectivity index (χ4n) is 2.61. The lowest BCUT2D eigenvalue weighted by molar-refractivity contribution is -0.131. The number of thiophene rings is 1. The first-order valence-corrected chi connectivity index (χ1v) is 8.69. The molecule has 1 aromatic heterocycles. The Morgan fingerprint density at radius 2 is 2.19 bits per heavy atom. The minimum Gasteiger partial charge on any atom is -0.377 e. The van der Waals surface area contributed by atoms with Crippen LogP contribution in [0, 0.1) is 5.92 Å². The molecule has 2 rings (SSSR count). The van der Waals surface area contributed by atoms with Gasteiger partial charge in [-0.25, -0.2) is 0 Å². The van der Waals surface area contributed by atoms with Crippen molar-refractivity contribution in [2.75, 3.05) is 13.2 Å². The first-order chi connectivity index (χ1) is 10.0. The number of rotatable bonds is 7. The number of amides is 1. The maximum atomic E-state index is 12.7. The number of ether oxygens (including phenoxy) is 1. The third kappa shape index (κ3) is 3.84. The van der Waals surface area contributed by atoms with Crippen LogP contribution >= 0.6 is 11.3 Å². The second kappa shape index (κ2) is 7.38. The summed E-state index contributed by atoms with van der Waals surface area (Å²) in [6, 6.07) is 2.00. The van der Waals surface area contributed by atoms with Crippen molar-refractivity contribution in [3.8, 4) is 0 Å². The second-order valence-electron chi connectivity index (χ2n) is 5.94. The van der Waals surface area contributed by atoms with Gasteiger partial charge in [-0.1, -0.05) is 20.3 Å². The van der Waals surface area contributed by atoms with E-state index in [1.54, 1.807) is 11.3 Å². The molecule has 1 fully saturated rings. The Morgan fingerprint density at radius 1 is 1.43 bits per heavy atom. The van der Waals surface area contributed by atoms with Gasteiger partial charge in [-0.15, -0.1) is 0 Å². The van der Waals surface area contributed by atoms with E-state index in [1.165, 1.54) is 5.56 Å². The fourth-order valence-corrected chi connectivity index (χ4v) is 3.29. The Hall–Kier alpha value is -0.910. The highest BCUT2D eigenvalue weighted by Gasteiger charge is 2.41. The van der Waals surface area contributed by atoms with Crippen LogP contribution in [0.3, 0.4) is 0 Å². The fraction of sp³-hybridized carbons (Fsp3) is 0.688. The summed E-state index contributed by atoms with van der Waals surface area (Å²) >= 11 is 1.66. The van der Waals surface area contributed by atoms with E-state index in [1.807, 2.05) is 18.7 Å². The predicted molar refractivity (Wildman–Crippen MR) is 86.2 cm³/mol. The summed E-state index contributed by atoms with van der Waals surface area (Å²) in [7, 11) is 0. The summed E-state index contributed by atoms with van der Waals surface area (Å²) in [5.74, 6) is 0.544. The van der Waals surface area contributed by atoms with Gasteiger partial charge < -0.3 is 9.64 Å². The zero-order chi connectivity index (χ0) is 15.4. The smallest absolute Gasteiger partial charge is 0.241 e. The number of carbonyl (C=O) groups excluding carboxylic acids is 1. The second-order valence-corrected chi connectivity index (χ2v) is 6.72. The Balaban J connectivity index is 2.10. The minimum atomic E-state index is -0.0843. The summed E-state index contributed by atoms with van der Waals surface area (Å²) < 4.78 is 5.62. The number of nitrogens with zero attached hydrogens (tertiary/aromatic N) is 1. The molecule has 1 saturated heterocycles. The number of carbonyl (C=O) groups is 1. The molecule has 0 spiro atoms. The lowest BCUT2D eigenvalue weighted by Crippen LogP contribution is -2.36. The van der Waals surface area contributed by atoms with Gasteiger partial charge in [0.1, 0.15) is 6.17 Å². The van der Waals surface area contributed by atoms with E-state index in [-0.39, 0.29) is 24.2 Å². The molecule has 1 aliphatic rings. The topological polar surface area (TPSA) is 41.6 Å². The molecular weight excluding hydrogens is 284 g/mol. The molecule has 2 heterocycles. The van der Waals surface area contributed by atoms with Crippen LogP contribution < -0.4 is 5.32 Å². The van der Waals surface area contributed by atoms with Gasteiger partial charge in [-0.3, -0.25) is 10.1 Å². The zero-order valence-corrected chi connectivity index (χ0v) is 14.2. The molecule has 0 aliphatic carbocycles. The molecule has 1 amide bonds. The standard InChI is InChI=1S/C16H26N2O2S/c1-5-12(4)14-16(19)18(7-8-20-11(2)3)15(17-14)13-6-9-21-10-13/h6,9-12,14-15,17H,5,7-8H2,1-4H3. The summed E-state index contributed by atoms with van der Waals surface area (Å²) in [5.41, 5.74) is 1.17. The maximum Gasteiger partial charge on any atom is 0.241 e. The molecular formula is C16H26N2O2S. The van der Waals surface area contributed by atoms with Crippen LogP contribution in [0.15, 0.2) is 16.8 Å². The molecule has 0 bridgehead atoms. The van der Waals surface area contributed by atoms with Crippen molar-refractivity contribution < 1.29 is 9.53 Å². The molecule has 1 aromatic rings. The van der Waals surface area contributed by atoms with Gasteiger partial charge in [0, 0.05) is 6.54 Å². The van der Waals surface area contributed by atoms with Crippen LogP contribution in [0.5, 0.6) is 0 Å². The van der Waals surface area contributed by atoms with Crippen molar-refractivity contribution in [2.24, 2.45) is 5.92 Å². The van der Waals surface area contributed by atoms with Gasteiger partial charge in [0.2, 0.25) is 5.91 Å². The first kappa shape index (κ1) is 16.5. The SMILES string of the molecule is CCC(C)C1NC(c2ccsc2)N(CCOC(C)C)C1=O. The van der Waals surface area contributed by atoms with E-state index >= 15 is 0 Å². The Morgan fingerprint density at radius 3 is 2.76 bits per heavy atom. The monoisotopic (exact) mass is 310 g/mol. The van der Waals surface area contributed by atoms with Crippen LogP contribution in [0.2, 0.25) is 0 Å². The lowest BCUT2D eigenvalue weighted by Gasteiger charge is -2.24. The van der Waals surface area contributed by atoms with Crippen molar-refractivity contribution >= 4 is 17.2 Å². The average molecular weight is 310 g/mol. The molecule has 5 heteroatoms. The summed E-state index contributed by atoms with van der Waals surface area (Å²) in [6.45, 7) is 9.51. The van der Waals surface area contributed by atoms with Gasteiger partial charge >= 0.3 is 0 Å². The van der Waals surface area contributed by atoms with E-state index in [2.05, 4.69) is 36.0 Å². The van der Waals surface area contributed by atoms with Gasteiger partial charge in [0.05, 0.1) is 18.8 Å². The molecule has 118 valence electrons. The Labute approximate surface area is 131 Å². The number of hydrogen-bond acceptors (Lipinski definition) is 4. The summed E-state index contributed by atoms with van der Waals surface area (Å²) in [6.07, 6.45) is 1.18. The molecule has 1 aliphatic heterocycles. The zero-order valence-electron chi connectivity index (χ0n) is 13.3.